The first-order chi connectivity index (χ1) is 14.6. The number of thiocarbonyl (C=S) groups is 1. The Morgan fingerprint density at radius 1 is 1.07 bits per heavy atom. The zero-order valence-electron chi connectivity index (χ0n) is 16.5. The van der Waals surface area contributed by atoms with Crippen molar-refractivity contribution in [3.8, 4) is 0 Å². The van der Waals surface area contributed by atoms with Crippen LogP contribution in [0.25, 0.3) is 0 Å². The summed E-state index contributed by atoms with van der Waals surface area (Å²) < 4.78 is 15.7. The van der Waals surface area contributed by atoms with Gasteiger partial charge in [-0.3, -0.25) is 9.58 Å². The van der Waals surface area contributed by atoms with E-state index in [1.54, 1.807) is 12.3 Å². The Morgan fingerprint density at radius 3 is 2.63 bits per heavy atom. The van der Waals surface area contributed by atoms with E-state index in [2.05, 4.69) is 20.2 Å². The lowest BCUT2D eigenvalue weighted by Crippen LogP contribution is -2.49. The van der Waals surface area contributed by atoms with Crippen LogP contribution < -0.4 is 5.32 Å². The van der Waals surface area contributed by atoms with Gasteiger partial charge in [-0.2, -0.15) is 5.10 Å². The van der Waals surface area contributed by atoms with Crippen LogP contribution in [0, 0.1) is 5.82 Å². The van der Waals surface area contributed by atoms with Crippen molar-refractivity contribution in [3.63, 3.8) is 0 Å². The summed E-state index contributed by atoms with van der Waals surface area (Å²) in [6.07, 6.45) is 3.70. The van der Waals surface area contributed by atoms with E-state index in [4.69, 9.17) is 23.8 Å². The molecule has 2 heterocycles. The number of halogens is 2. The summed E-state index contributed by atoms with van der Waals surface area (Å²) in [7, 11) is 0. The molecule has 1 aromatic heterocycles. The average Bonchev–Trinajstić information content (AvgIpc) is 3.17. The van der Waals surface area contributed by atoms with Crippen LogP contribution in [0.5, 0.6) is 0 Å². The Hall–Kier alpha value is -2.48. The van der Waals surface area contributed by atoms with E-state index in [1.807, 2.05) is 47.3 Å². The molecule has 5 nitrogen and oxygen atoms in total. The molecule has 8 heteroatoms. The molecule has 0 saturated carbocycles. The standard InChI is InChI=1S/C22H23ClFN5S/c23-19-6-3-4-17(12-19)14-29-16-20(13-25-29)26-22(30)28-10-8-27(9-11-28)15-18-5-1-2-7-21(18)24/h1-7,12-13,16H,8-11,14-15H2,(H,26,30). The fourth-order valence-corrected chi connectivity index (χ4v) is 4.03. The molecular formula is C22H23ClFN5S. The third-order valence-electron chi connectivity index (χ3n) is 5.13. The highest BCUT2D eigenvalue weighted by atomic mass is 35.5. The minimum atomic E-state index is -0.146. The van der Waals surface area contributed by atoms with Gasteiger partial charge in [-0.05, 0) is 36.0 Å². The van der Waals surface area contributed by atoms with E-state index in [0.29, 0.717) is 23.2 Å². The van der Waals surface area contributed by atoms with E-state index < -0.39 is 0 Å². The second kappa shape index (κ2) is 9.55. The van der Waals surface area contributed by atoms with Gasteiger partial charge < -0.3 is 10.2 Å². The van der Waals surface area contributed by atoms with Gasteiger partial charge in [0.25, 0.3) is 0 Å². The molecule has 0 aliphatic carbocycles. The highest BCUT2D eigenvalue weighted by Gasteiger charge is 2.20. The minimum Gasteiger partial charge on any atom is -0.346 e. The molecule has 1 fully saturated rings. The Bertz CT molecular complexity index is 1020. The predicted molar refractivity (Wildman–Crippen MR) is 122 cm³/mol. The second-order valence-corrected chi connectivity index (χ2v) is 8.16. The molecule has 3 aromatic rings. The highest BCUT2D eigenvalue weighted by molar-refractivity contribution is 7.80. The molecule has 0 bridgehead atoms. The summed E-state index contributed by atoms with van der Waals surface area (Å²) in [5, 5.41) is 9.07. The van der Waals surface area contributed by atoms with Crippen LogP contribution in [-0.2, 0) is 13.1 Å². The number of aromatic nitrogens is 2. The molecule has 1 saturated heterocycles. The summed E-state index contributed by atoms with van der Waals surface area (Å²) in [6, 6.07) is 14.7. The molecule has 4 rings (SSSR count). The maximum absolute atomic E-state index is 13.9. The smallest absolute Gasteiger partial charge is 0.173 e. The molecule has 2 aromatic carbocycles. The SMILES string of the molecule is Fc1ccccc1CN1CCN(C(=S)Nc2cnn(Cc3cccc(Cl)c3)c2)CC1. The molecule has 0 atom stereocenters. The van der Waals surface area contributed by atoms with Crippen molar-refractivity contribution >= 4 is 34.6 Å². The lowest BCUT2D eigenvalue weighted by molar-refractivity contribution is 0.175. The number of rotatable bonds is 5. The summed E-state index contributed by atoms with van der Waals surface area (Å²) >= 11 is 11.6. The van der Waals surface area contributed by atoms with Crippen molar-refractivity contribution in [2.75, 3.05) is 31.5 Å². The quantitative estimate of drug-likeness (QED) is 0.597. The summed E-state index contributed by atoms with van der Waals surface area (Å²) in [5.41, 5.74) is 2.68. The lowest BCUT2D eigenvalue weighted by Gasteiger charge is -2.36. The van der Waals surface area contributed by atoms with Crippen molar-refractivity contribution in [2.24, 2.45) is 0 Å². The zero-order chi connectivity index (χ0) is 20.9. The highest BCUT2D eigenvalue weighted by Crippen LogP contribution is 2.15. The number of hydrogen-bond donors (Lipinski definition) is 1. The third-order valence-corrected chi connectivity index (χ3v) is 5.72. The first kappa shape index (κ1) is 20.8. The molecule has 0 radical (unpaired) electrons. The first-order valence-corrected chi connectivity index (χ1v) is 10.6. The van der Waals surface area contributed by atoms with Crippen molar-refractivity contribution in [3.05, 3.63) is 82.9 Å². The van der Waals surface area contributed by atoms with Gasteiger partial charge in [0.15, 0.2) is 5.11 Å². The van der Waals surface area contributed by atoms with Crippen LogP contribution in [0.3, 0.4) is 0 Å². The van der Waals surface area contributed by atoms with Crippen LogP contribution in [0.4, 0.5) is 10.1 Å². The molecule has 156 valence electrons. The van der Waals surface area contributed by atoms with Gasteiger partial charge in [-0.15, -0.1) is 0 Å². The van der Waals surface area contributed by atoms with Gasteiger partial charge in [-0.1, -0.05) is 41.9 Å². The number of anilines is 1. The number of hydrogen-bond acceptors (Lipinski definition) is 3. The second-order valence-electron chi connectivity index (χ2n) is 7.34. The van der Waals surface area contributed by atoms with Crippen molar-refractivity contribution in [1.29, 1.82) is 0 Å². The molecule has 0 spiro atoms. The molecule has 1 aliphatic rings. The summed E-state index contributed by atoms with van der Waals surface area (Å²) in [5.74, 6) is -0.146. The molecule has 0 unspecified atom stereocenters. The average molecular weight is 444 g/mol. The van der Waals surface area contributed by atoms with Crippen LogP contribution in [0.2, 0.25) is 5.02 Å². The van der Waals surface area contributed by atoms with Crippen molar-refractivity contribution < 1.29 is 4.39 Å². The molecule has 1 N–H and O–H groups in total. The van der Waals surface area contributed by atoms with Crippen molar-refractivity contribution in [1.82, 2.24) is 19.6 Å². The number of piperazine rings is 1. The van der Waals surface area contributed by atoms with E-state index >= 15 is 0 Å². The van der Waals surface area contributed by atoms with Crippen LogP contribution in [0.15, 0.2) is 60.9 Å². The Morgan fingerprint density at radius 2 is 1.87 bits per heavy atom. The molecular weight excluding hydrogens is 421 g/mol. The minimum absolute atomic E-state index is 0.146. The van der Waals surface area contributed by atoms with Crippen LogP contribution in [-0.4, -0.2) is 50.9 Å². The summed E-state index contributed by atoms with van der Waals surface area (Å²) in [4.78, 5) is 4.39. The Labute approximate surface area is 186 Å². The predicted octanol–water partition coefficient (Wildman–Crippen LogP) is 4.24. The maximum atomic E-state index is 13.9. The fraction of sp³-hybridized carbons (Fsp3) is 0.273. The fourth-order valence-electron chi connectivity index (χ4n) is 3.52. The number of nitrogens with one attached hydrogen (secondary N) is 1. The van der Waals surface area contributed by atoms with Crippen LogP contribution >= 0.6 is 23.8 Å². The van der Waals surface area contributed by atoms with Gasteiger partial charge >= 0.3 is 0 Å². The molecule has 30 heavy (non-hydrogen) atoms. The Kier molecular flexibility index (Phi) is 6.62. The van der Waals surface area contributed by atoms with Gasteiger partial charge in [0.05, 0.1) is 18.4 Å². The monoisotopic (exact) mass is 443 g/mol. The maximum Gasteiger partial charge on any atom is 0.173 e. The van der Waals surface area contributed by atoms with Gasteiger partial charge in [0.2, 0.25) is 0 Å². The first-order valence-electron chi connectivity index (χ1n) is 9.85. The van der Waals surface area contributed by atoms with Gasteiger partial charge in [0.1, 0.15) is 5.82 Å². The largest absolute Gasteiger partial charge is 0.346 e. The van der Waals surface area contributed by atoms with E-state index in [0.717, 1.165) is 43.0 Å². The van der Waals surface area contributed by atoms with E-state index in [1.165, 1.54) is 6.07 Å². The van der Waals surface area contributed by atoms with Gasteiger partial charge in [-0.25, -0.2) is 4.39 Å². The topological polar surface area (TPSA) is 36.3 Å². The summed E-state index contributed by atoms with van der Waals surface area (Å²) in [6.45, 7) is 4.54. The number of nitrogens with zero attached hydrogens (tertiary/aromatic N) is 4. The van der Waals surface area contributed by atoms with Crippen LogP contribution in [0.1, 0.15) is 11.1 Å². The van der Waals surface area contributed by atoms with E-state index in [9.17, 15) is 4.39 Å². The Balaban J connectivity index is 1.27. The van der Waals surface area contributed by atoms with E-state index in [-0.39, 0.29) is 5.82 Å². The third kappa shape index (κ3) is 5.36. The van der Waals surface area contributed by atoms with Gasteiger partial charge in [0, 0.05) is 49.5 Å². The number of benzene rings is 2. The van der Waals surface area contributed by atoms with Crippen molar-refractivity contribution in [2.45, 2.75) is 13.1 Å². The normalized spacial score (nSPS) is 14.7. The lowest BCUT2D eigenvalue weighted by atomic mass is 10.2. The molecule has 1 aliphatic heterocycles. The zero-order valence-corrected chi connectivity index (χ0v) is 18.0. The molecule has 0 amide bonds.